The molecular weight excluding hydrogens is 206 g/mol. The molecule has 1 amide bonds. The van der Waals surface area contributed by atoms with Gasteiger partial charge in [-0.2, -0.15) is 5.06 Å². The lowest BCUT2D eigenvalue weighted by atomic mass is 9.95. The van der Waals surface area contributed by atoms with Gasteiger partial charge in [-0.05, 0) is 26.2 Å². The van der Waals surface area contributed by atoms with E-state index < -0.39 is 0 Å². The quantitative estimate of drug-likeness (QED) is 0.680. The fraction of sp³-hybridized carbons (Fsp3) is 0.917. The van der Waals surface area contributed by atoms with Crippen LogP contribution >= 0.6 is 0 Å². The van der Waals surface area contributed by atoms with Gasteiger partial charge in [-0.1, -0.05) is 26.2 Å². The molecule has 94 valence electrons. The molecule has 1 aliphatic rings. The van der Waals surface area contributed by atoms with Crippen molar-refractivity contribution in [1.29, 1.82) is 0 Å². The zero-order valence-corrected chi connectivity index (χ0v) is 10.4. The summed E-state index contributed by atoms with van der Waals surface area (Å²) in [6.07, 6.45) is 6.25. The predicted octanol–water partition coefficient (Wildman–Crippen LogP) is 3.12. The molecule has 0 aromatic rings. The average Bonchev–Trinajstić information content (AvgIpc) is 2.31. The lowest BCUT2D eigenvalue weighted by Gasteiger charge is -2.32. The second-order valence-electron chi connectivity index (χ2n) is 4.15. The zero-order valence-electron chi connectivity index (χ0n) is 10.4. The van der Waals surface area contributed by atoms with Gasteiger partial charge in [-0.15, -0.1) is 0 Å². The minimum atomic E-state index is -0.331. The zero-order chi connectivity index (χ0) is 11.8. The summed E-state index contributed by atoms with van der Waals surface area (Å²) in [5.41, 5.74) is 0. The van der Waals surface area contributed by atoms with Crippen molar-refractivity contribution in [3.8, 4) is 0 Å². The van der Waals surface area contributed by atoms with Crippen molar-refractivity contribution in [2.75, 3.05) is 13.2 Å². The van der Waals surface area contributed by atoms with Gasteiger partial charge in [-0.25, -0.2) is 4.79 Å². The number of carbonyl (C=O) groups excluding carboxylic acids is 1. The van der Waals surface area contributed by atoms with Crippen LogP contribution in [0, 0.1) is 0 Å². The molecule has 0 aromatic heterocycles. The van der Waals surface area contributed by atoms with Gasteiger partial charge in [0.1, 0.15) is 0 Å². The Morgan fingerprint density at radius 3 is 2.50 bits per heavy atom. The fourth-order valence-corrected chi connectivity index (χ4v) is 2.00. The first-order chi connectivity index (χ1) is 7.79. The van der Waals surface area contributed by atoms with E-state index in [1.54, 1.807) is 0 Å². The first-order valence-corrected chi connectivity index (χ1v) is 6.38. The van der Waals surface area contributed by atoms with Crippen LogP contribution in [0.2, 0.25) is 0 Å². The molecule has 0 saturated heterocycles. The van der Waals surface area contributed by atoms with E-state index in [1.807, 2.05) is 13.8 Å². The fourth-order valence-electron chi connectivity index (χ4n) is 2.00. The lowest BCUT2D eigenvalue weighted by Crippen LogP contribution is -2.42. The van der Waals surface area contributed by atoms with Gasteiger partial charge in [0.2, 0.25) is 0 Å². The molecule has 16 heavy (non-hydrogen) atoms. The van der Waals surface area contributed by atoms with Gasteiger partial charge in [0, 0.05) is 0 Å². The molecule has 0 heterocycles. The summed E-state index contributed by atoms with van der Waals surface area (Å²) < 4.78 is 5.02. The van der Waals surface area contributed by atoms with E-state index in [2.05, 4.69) is 0 Å². The van der Waals surface area contributed by atoms with Gasteiger partial charge >= 0.3 is 6.09 Å². The smallest absolute Gasteiger partial charge is 0.434 e. The molecule has 0 unspecified atom stereocenters. The third kappa shape index (κ3) is 4.00. The number of carbonyl (C=O) groups is 1. The van der Waals surface area contributed by atoms with Crippen molar-refractivity contribution in [1.82, 2.24) is 5.06 Å². The molecule has 1 aliphatic carbocycles. The van der Waals surface area contributed by atoms with Gasteiger partial charge in [-0.3, -0.25) is 4.84 Å². The van der Waals surface area contributed by atoms with Crippen LogP contribution in [0.25, 0.3) is 0 Å². The summed E-state index contributed by atoms with van der Waals surface area (Å²) >= 11 is 0. The summed E-state index contributed by atoms with van der Waals surface area (Å²) in [5, 5.41) is 1.46. The third-order valence-corrected chi connectivity index (χ3v) is 2.79. The van der Waals surface area contributed by atoms with Crippen molar-refractivity contribution in [3.63, 3.8) is 0 Å². The Morgan fingerprint density at radius 2 is 1.94 bits per heavy atom. The molecule has 1 saturated carbocycles. The normalized spacial score (nSPS) is 17.1. The standard InChI is InChI=1S/C12H23NO3/c1-3-10-16-13(12(14)15-4-2)11-8-6-5-7-9-11/h11H,3-10H2,1-2H3. The van der Waals surface area contributed by atoms with Crippen LogP contribution in [0.5, 0.6) is 0 Å². The second kappa shape index (κ2) is 7.49. The van der Waals surface area contributed by atoms with Gasteiger partial charge < -0.3 is 4.74 Å². The van der Waals surface area contributed by atoms with E-state index in [9.17, 15) is 4.79 Å². The van der Waals surface area contributed by atoms with Gasteiger partial charge in [0.15, 0.2) is 0 Å². The first-order valence-electron chi connectivity index (χ1n) is 6.38. The monoisotopic (exact) mass is 229 g/mol. The third-order valence-electron chi connectivity index (χ3n) is 2.79. The maximum atomic E-state index is 11.7. The Bertz CT molecular complexity index is 202. The molecule has 0 aromatic carbocycles. The number of rotatable bonds is 5. The summed E-state index contributed by atoms with van der Waals surface area (Å²) in [6.45, 7) is 4.83. The van der Waals surface area contributed by atoms with E-state index in [-0.39, 0.29) is 12.1 Å². The summed E-state index contributed by atoms with van der Waals surface area (Å²) in [6, 6.07) is 0.208. The van der Waals surface area contributed by atoms with Crippen molar-refractivity contribution < 1.29 is 14.4 Å². The molecule has 0 N–H and O–H groups in total. The number of hydrogen-bond donors (Lipinski definition) is 0. The molecule has 0 bridgehead atoms. The maximum absolute atomic E-state index is 11.7. The van der Waals surface area contributed by atoms with E-state index in [0.717, 1.165) is 19.3 Å². The van der Waals surface area contributed by atoms with Crippen LogP contribution in [0.1, 0.15) is 52.4 Å². The summed E-state index contributed by atoms with van der Waals surface area (Å²) in [7, 11) is 0. The van der Waals surface area contributed by atoms with Crippen LogP contribution in [0.4, 0.5) is 4.79 Å². The van der Waals surface area contributed by atoms with Crippen LogP contribution in [0.15, 0.2) is 0 Å². The minimum absolute atomic E-state index is 0.208. The van der Waals surface area contributed by atoms with Crippen LogP contribution in [-0.2, 0) is 9.57 Å². The van der Waals surface area contributed by atoms with Gasteiger partial charge in [0.25, 0.3) is 0 Å². The highest BCUT2D eigenvalue weighted by atomic mass is 16.7. The van der Waals surface area contributed by atoms with E-state index in [4.69, 9.17) is 9.57 Å². The molecule has 4 heteroatoms. The molecule has 1 fully saturated rings. The molecule has 4 nitrogen and oxygen atoms in total. The first kappa shape index (κ1) is 13.3. The van der Waals surface area contributed by atoms with Crippen molar-refractivity contribution in [3.05, 3.63) is 0 Å². The second-order valence-corrected chi connectivity index (χ2v) is 4.15. The highest BCUT2D eigenvalue weighted by Crippen LogP contribution is 2.23. The average molecular weight is 229 g/mol. The SMILES string of the molecule is CCCON(C(=O)OCC)C1CCCCC1. The maximum Gasteiger partial charge on any atom is 0.434 e. The van der Waals surface area contributed by atoms with Crippen LogP contribution < -0.4 is 0 Å². The number of hydroxylamine groups is 2. The Morgan fingerprint density at radius 1 is 1.25 bits per heavy atom. The number of amides is 1. The molecule has 1 rings (SSSR count). The van der Waals surface area contributed by atoms with Gasteiger partial charge in [0.05, 0.1) is 19.3 Å². The van der Waals surface area contributed by atoms with E-state index in [0.29, 0.717) is 13.2 Å². The Hall–Kier alpha value is -0.770. The number of nitrogens with zero attached hydrogens (tertiary/aromatic N) is 1. The molecule has 0 spiro atoms. The highest BCUT2D eigenvalue weighted by molar-refractivity contribution is 5.66. The largest absolute Gasteiger partial charge is 0.448 e. The summed E-state index contributed by atoms with van der Waals surface area (Å²) in [4.78, 5) is 17.2. The minimum Gasteiger partial charge on any atom is -0.448 e. The number of ether oxygens (including phenoxy) is 1. The molecular formula is C12H23NO3. The lowest BCUT2D eigenvalue weighted by molar-refractivity contribution is -0.166. The highest BCUT2D eigenvalue weighted by Gasteiger charge is 2.27. The van der Waals surface area contributed by atoms with Crippen molar-refractivity contribution in [2.24, 2.45) is 0 Å². The van der Waals surface area contributed by atoms with E-state index in [1.165, 1.54) is 24.3 Å². The molecule has 0 atom stereocenters. The molecule has 0 aliphatic heterocycles. The van der Waals surface area contributed by atoms with Crippen molar-refractivity contribution >= 4 is 6.09 Å². The topological polar surface area (TPSA) is 38.8 Å². The Balaban J connectivity index is 2.50. The van der Waals surface area contributed by atoms with Crippen molar-refractivity contribution in [2.45, 2.75) is 58.4 Å². The Labute approximate surface area is 97.9 Å². The van der Waals surface area contributed by atoms with E-state index >= 15 is 0 Å². The predicted molar refractivity (Wildman–Crippen MR) is 62.0 cm³/mol. The molecule has 0 radical (unpaired) electrons. The van der Waals surface area contributed by atoms with Crippen LogP contribution in [-0.4, -0.2) is 30.4 Å². The summed E-state index contributed by atoms with van der Waals surface area (Å²) in [5.74, 6) is 0. The Kier molecular flexibility index (Phi) is 6.23. The van der Waals surface area contributed by atoms with Crippen LogP contribution in [0.3, 0.4) is 0 Å². The number of hydrogen-bond acceptors (Lipinski definition) is 3.